The van der Waals surface area contributed by atoms with Crippen LogP contribution in [0.1, 0.15) is 16.7 Å². The molecule has 6 nitrogen and oxygen atoms in total. The summed E-state index contributed by atoms with van der Waals surface area (Å²) in [6.45, 7) is 0.296. The fourth-order valence-electron chi connectivity index (χ4n) is 2.97. The molecule has 0 atom stereocenters. The molecule has 0 bridgehead atoms. The summed E-state index contributed by atoms with van der Waals surface area (Å²) in [4.78, 5) is 22.5. The number of nitro benzene ring substituents is 1. The molecule has 0 amide bonds. The standard InChI is InChI=1S/C24H16BrNO5/c25-20-7-5-18(6-8-20)23-14-19(24(27)31-23)13-16-3-11-22(12-4-16)30-15-17-1-9-21(10-2-17)26(28)29/h1-14H,15H2/b19-13+. The fraction of sp³-hybridized carbons (Fsp3) is 0.0417. The molecule has 3 aromatic rings. The van der Waals surface area contributed by atoms with Gasteiger partial charge < -0.3 is 9.47 Å². The number of non-ortho nitro benzene ring substituents is 1. The first kappa shape index (κ1) is 20.6. The zero-order valence-electron chi connectivity index (χ0n) is 16.2. The summed E-state index contributed by atoms with van der Waals surface area (Å²) < 4.78 is 12.1. The number of halogens is 1. The molecule has 7 heteroatoms. The van der Waals surface area contributed by atoms with E-state index in [1.807, 2.05) is 36.4 Å². The summed E-state index contributed by atoms with van der Waals surface area (Å²) in [7, 11) is 0. The average Bonchev–Trinajstić information content (AvgIpc) is 3.14. The van der Waals surface area contributed by atoms with Crippen molar-refractivity contribution in [3.8, 4) is 5.75 Å². The van der Waals surface area contributed by atoms with Crippen LogP contribution in [0.15, 0.2) is 88.9 Å². The predicted octanol–water partition coefficient (Wildman–Crippen LogP) is 5.92. The van der Waals surface area contributed by atoms with E-state index in [0.717, 1.165) is 21.2 Å². The molecule has 0 saturated carbocycles. The smallest absolute Gasteiger partial charge is 0.343 e. The molecular weight excluding hydrogens is 462 g/mol. The Morgan fingerprint density at radius 1 is 0.968 bits per heavy atom. The third-order valence-electron chi connectivity index (χ3n) is 4.61. The molecule has 1 heterocycles. The van der Waals surface area contributed by atoms with Crippen LogP contribution in [0.5, 0.6) is 5.75 Å². The van der Waals surface area contributed by atoms with Gasteiger partial charge in [-0.1, -0.05) is 40.2 Å². The minimum absolute atomic E-state index is 0.0453. The third kappa shape index (κ3) is 5.07. The van der Waals surface area contributed by atoms with Gasteiger partial charge in [0.2, 0.25) is 0 Å². The number of carbonyl (C=O) groups excluding carboxylic acids is 1. The highest BCUT2D eigenvalue weighted by molar-refractivity contribution is 9.10. The van der Waals surface area contributed by atoms with Crippen molar-refractivity contribution < 1.29 is 19.2 Å². The van der Waals surface area contributed by atoms with Crippen LogP contribution in [0.3, 0.4) is 0 Å². The summed E-state index contributed by atoms with van der Waals surface area (Å²) >= 11 is 3.39. The second-order valence-corrected chi connectivity index (χ2v) is 7.70. The van der Waals surface area contributed by atoms with Gasteiger partial charge >= 0.3 is 5.97 Å². The maximum absolute atomic E-state index is 12.2. The molecule has 0 N–H and O–H groups in total. The number of hydrogen-bond donors (Lipinski definition) is 0. The molecule has 0 fully saturated rings. The predicted molar refractivity (Wildman–Crippen MR) is 120 cm³/mol. The van der Waals surface area contributed by atoms with Crippen molar-refractivity contribution in [1.29, 1.82) is 0 Å². The van der Waals surface area contributed by atoms with Crippen LogP contribution < -0.4 is 4.74 Å². The largest absolute Gasteiger partial charge is 0.489 e. The van der Waals surface area contributed by atoms with E-state index in [-0.39, 0.29) is 5.69 Å². The van der Waals surface area contributed by atoms with Crippen molar-refractivity contribution in [1.82, 2.24) is 0 Å². The normalized spacial score (nSPS) is 14.3. The van der Waals surface area contributed by atoms with Crippen molar-refractivity contribution >= 4 is 39.4 Å². The Balaban J connectivity index is 1.41. The van der Waals surface area contributed by atoms with Gasteiger partial charge in [-0.05, 0) is 59.7 Å². The van der Waals surface area contributed by atoms with Crippen molar-refractivity contribution in [3.63, 3.8) is 0 Å². The monoisotopic (exact) mass is 477 g/mol. The number of carbonyl (C=O) groups is 1. The first-order valence-electron chi connectivity index (χ1n) is 9.36. The molecule has 0 radical (unpaired) electrons. The summed E-state index contributed by atoms with van der Waals surface area (Å²) in [6.07, 6.45) is 3.48. The van der Waals surface area contributed by atoms with Gasteiger partial charge in [-0.15, -0.1) is 0 Å². The van der Waals surface area contributed by atoms with Gasteiger partial charge in [-0.25, -0.2) is 4.79 Å². The number of hydrogen-bond acceptors (Lipinski definition) is 5. The maximum atomic E-state index is 12.2. The Bertz CT molecular complexity index is 1180. The van der Waals surface area contributed by atoms with Crippen LogP contribution in [0, 0.1) is 10.1 Å². The number of esters is 1. The van der Waals surface area contributed by atoms with Gasteiger partial charge in [0, 0.05) is 22.2 Å². The Labute approximate surface area is 186 Å². The van der Waals surface area contributed by atoms with Gasteiger partial charge in [0.05, 0.1) is 10.5 Å². The molecule has 154 valence electrons. The van der Waals surface area contributed by atoms with Crippen molar-refractivity contribution in [2.75, 3.05) is 0 Å². The van der Waals surface area contributed by atoms with Gasteiger partial charge in [0.15, 0.2) is 0 Å². The summed E-state index contributed by atoms with van der Waals surface area (Å²) in [6, 6.07) is 21.1. The van der Waals surface area contributed by atoms with E-state index in [1.165, 1.54) is 12.1 Å². The molecule has 4 rings (SSSR count). The van der Waals surface area contributed by atoms with E-state index >= 15 is 0 Å². The molecular formula is C24H16BrNO5. The highest BCUT2D eigenvalue weighted by atomic mass is 79.9. The van der Waals surface area contributed by atoms with Crippen LogP contribution >= 0.6 is 15.9 Å². The Morgan fingerprint density at radius 3 is 2.29 bits per heavy atom. The van der Waals surface area contributed by atoms with Crippen LogP contribution in [0.4, 0.5) is 5.69 Å². The number of ether oxygens (including phenoxy) is 2. The maximum Gasteiger partial charge on any atom is 0.343 e. The summed E-state index contributed by atoms with van der Waals surface area (Å²) in [5, 5.41) is 10.7. The minimum Gasteiger partial charge on any atom is -0.489 e. The number of nitrogens with zero attached hydrogens (tertiary/aromatic N) is 1. The molecule has 31 heavy (non-hydrogen) atoms. The molecule has 0 unspecified atom stereocenters. The lowest BCUT2D eigenvalue weighted by Gasteiger charge is -2.06. The number of benzene rings is 3. The molecule has 0 aliphatic carbocycles. The lowest BCUT2D eigenvalue weighted by molar-refractivity contribution is -0.384. The van der Waals surface area contributed by atoms with Gasteiger partial charge in [0.25, 0.3) is 5.69 Å². The quantitative estimate of drug-likeness (QED) is 0.190. The lowest BCUT2D eigenvalue weighted by atomic mass is 10.1. The van der Waals surface area contributed by atoms with E-state index in [4.69, 9.17) is 9.47 Å². The Kier molecular flexibility index (Phi) is 5.95. The highest BCUT2D eigenvalue weighted by Gasteiger charge is 2.21. The molecule has 0 aromatic heterocycles. The van der Waals surface area contributed by atoms with Crippen LogP contribution in [-0.2, 0) is 16.1 Å². The van der Waals surface area contributed by atoms with E-state index in [2.05, 4.69) is 15.9 Å². The summed E-state index contributed by atoms with van der Waals surface area (Å²) in [5.41, 5.74) is 3.01. The first-order valence-corrected chi connectivity index (χ1v) is 10.1. The minimum atomic E-state index is -0.435. The van der Waals surface area contributed by atoms with Crippen LogP contribution in [0.2, 0.25) is 0 Å². The molecule has 1 aliphatic heterocycles. The van der Waals surface area contributed by atoms with E-state index < -0.39 is 10.9 Å². The second-order valence-electron chi connectivity index (χ2n) is 6.79. The van der Waals surface area contributed by atoms with Crippen molar-refractivity contribution in [2.24, 2.45) is 0 Å². The SMILES string of the molecule is O=C1OC(c2ccc(Br)cc2)=C/C1=C\c1ccc(OCc2ccc([N+](=O)[O-])cc2)cc1. The summed E-state index contributed by atoms with van der Waals surface area (Å²) in [5.74, 6) is 0.781. The van der Waals surface area contributed by atoms with E-state index in [1.54, 1.807) is 36.4 Å². The van der Waals surface area contributed by atoms with Crippen LogP contribution in [-0.4, -0.2) is 10.9 Å². The zero-order valence-corrected chi connectivity index (χ0v) is 17.7. The van der Waals surface area contributed by atoms with E-state index in [0.29, 0.717) is 23.7 Å². The average molecular weight is 478 g/mol. The van der Waals surface area contributed by atoms with E-state index in [9.17, 15) is 14.9 Å². The zero-order chi connectivity index (χ0) is 21.8. The van der Waals surface area contributed by atoms with Crippen molar-refractivity contribution in [3.05, 3.63) is 116 Å². The number of cyclic esters (lactones) is 1. The Morgan fingerprint density at radius 2 is 1.65 bits per heavy atom. The highest BCUT2D eigenvalue weighted by Crippen LogP contribution is 2.28. The van der Waals surface area contributed by atoms with Gasteiger partial charge in [-0.3, -0.25) is 10.1 Å². The topological polar surface area (TPSA) is 78.7 Å². The third-order valence-corrected chi connectivity index (χ3v) is 5.14. The fourth-order valence-corrected chi connectivity index (χ4v) is 3.23. The lowest BCUT2D eigenvalue weighted by Crippen LogP contribution is -1.97. The molecule has 0 spiro atoms. The molecule has 1 aliphatic rings. The van der Waals surface area contributed by atoms with Gasteiger partial charge in [0.1, 0.15) is 18.1 Å². The van der Waals surface area contributed by atoms with Gasteiger partial charge in [-0.2, -0.15) is 0 Å². The van der Waals surface area contributed by atoms with Crippen molar-refractivity contribution in [2.45, 2.75) is 6.61 Å². The van der Waals surface area contributed by atoms with Crippen LogP contribution in [0.25, 0.3) is 11.8 Å². The second kappa shape index (κ2) is 8.97. The number of rotatable bonds is 6. The molecule has 0 saturated heterocycles. The Hall–Kier alpha value is -3.71. The number of nitro groups is 1. The first-order chi connectivity index (χ1) is 15.0. The molecule has 3 aromatic carbocycles.